The molecule has 1 aromatic carbocycles. The Morgan fingerprint density at radius 2 is 1.90 bits per heavy atom. The molecule has 2 aromatic rings. The highest BCUT2D eigenvalue weighted by Gasteiger charge is 2.11. The van der Waals surface area contributed by atoms with Gasteiger partial charge < -0.3 is 10.4 Å². The fraction of sp³-hybridized carbons (Fsp3) is 0.0833. The van der Waals surface area contributed by atoms with Gasteiger partial charge in [-0.1, -0.05) is 23.2 Å². The third-order valence-electron chi connectivity index (χ3n) is 2.29. The number of hydrogen-bond donors (Lipinski definition) is 2. The molecule has 0 fully saturated rings. The molecule has 0 aliphatic heterocycles. The summed E-state index contributed by atoms with van der Waals surface area (Å²) in [5, 5.41) is 15.8. The lowest BCUT2D eigenvalue weighted by Crippen LogP contribution is -2.15. The second kappa shape index (κ2) is 5.94. The number of nitrogens with zero attached hydrogens (tertiary/aromatic N) is 2. The van der Waals surface area contributed by atoms with Crippen LogP contribution in [0.3, 0.4) is 0 Å². The van der Waals surface area contributed by atoms with Gasteiger partial charge in [0.1, 0.15) is 6.54 Å². The molecule has 1 aromatic heterocycles. The van der Waals surface area contributed by atoms with Crippen molar-refractivity contribution < 1.29 is 14.7 Å². The van der Waals surface area contributed by atoms with Crippen LogP contribution in [0, 0.1) is 0 Å². The Balaban J connectivity index is 2.11. The fourth-order valence-electron chi connectivity index (χ4n) is 1.53. The molecule has 0 bridgehead atoms. The van der Waals surface area contributed by atoms with Crippen molar-refractivity contribution in [2.75, 3.05) is 5.32 Å². The molecule has 0 spiro atoms. The maximum atomic E-state index is 11.9. The molecule has 0 aliphatic carbocycles. The van der Waals surface area contributed by atoms with Gasteiger partial charge in [0.2, 0.25) is 0 Å². The van der Waals surface area contributed by atoms with Crippen molar-refractivity contribution in [2.24, 2.45) is 0 Å². The number of halogens is 2. The maximum Gasteiger partial charge on any atom is 0.325 e. The third-order valence-corrected chi connectivity index (χ3v) is 2.73. The van der Waals surface area contributed by atoms with Crippen molar-refractivity contribution in [2.45, 2.75) is 6.54 Å². The number of carboxylic acid groups (broad SMARTS) is 1. The number of hydrogen-bond acceptors (Lipinski definition) is 3. The van der Waals surface area contributed by atoms with Gasteiger partial charge in [-0.05, 0) is 24.3 Å². The van der Waals surface area contributed by atoms with Crippen LogP contribution in [0.1, 0.15) is 10.5 Å². The van der Waals surface area contributed by atoms with E-state index in [-0.39, 0.29) is 12.2 Å². The number of rotatable bonds is 4. The molecule has 0 aliphatic rings. The first-order valence-corrected chi connectivity index (χ1v) is 6.22. The summed E-state index contributed by atoms with van der Waals surface area (Å²) in [6.45, 7) is -0.309. The molecular weight excluding hydrogens is 305 g/mol. The standard InChI is InChI=1S/C12H9Cl2N3O3/c13-7-3-8(14)5-9(4-7)15-12(20)10-1-2-17(16-10)6-11(18)19/h1-5H,6H2,(H,15,20)(H,18,19). The second-order valence-corrected chi connectivity index (χ2v) is 4.78. The maximum absolute atomic E-state index is 11.9. The smallest absolute Gasteiger partial charge is 0.325 e. The first-order valence-electron chi connectivity index (χ1n) is 5.47. The van der Waals surface area contributed by atoms with Gasteiger partial charge in [-0.15, -0.1) is 0 Å². The van der Waals surface area contributed by atoms with Crippen LogP contribution in [0.2, 0.25) is 10.0 Å². The van der Waals surface area contributed by atoms with Crippen LogP contribution in [-0.2, 0) is 11.3 Å². The van der Waals surface area contributed by atoms with Crippen molar-refractivity contribution in [1.82, 2.24) is 9.78 Å². The van der Waals surface area contributed by atoms with E-state index in [2.05, 4.69) is 10.4 Å². The highest BCUT2D eigenvalue weighted by molar-refractivity contribution is 6.35. The normalized spacial score (nSPS) is 10.3. The molecule has 8 heteroatoms. The molecule has 0 saturated carbocycles. The number of carbonyl (C=O) groups is 2. The number of aromatic nitrogens is 2. The molecule has 0 radical (unpaired) electrons. The molecule has 0 unspecified atom stereocenters. The minimum Gasteiger partial charge on any atom is -0.480 e. The molecular formula is C12H9Cl2N3O3. The monoisotopic (exact) mass is 313 g/mol. The zero-order valence-electron chi connectivity index (χ0n) is 10.0. The summed E-state index contributed by atoms with van der Waals surface area (Å²) in [6.07, 6.45) is 1.41. The van der Waals surface area contributed by atoms with E-state index in [4.69, 9.17) is 28.3 Å². The summed E-state index contributed by atoms with van der Waals surface area (Å²) < 4.78 is 1.15. The Morgan fingerprint density at radius 1 is 1.25 bits per heavy atom. The number of amides is 1. The van der Waals surface area contributed by atoms with E-state index in [0.29, 0.717) is 15.7 Å². The van der Waals surface area contributed by atoms with Crippen LogP contribution in [0.25, 0.3) is 0 Å². The van der Waals surface area contributed by atoms with Gasteiger partial charge in [-0.2, -0.15) is 5.10 Å². The van der Waals surface area contributed by atoms with Gasteiger partial charge in [-0.25, -0.2) is 0 Å². The van der Waals surface area contributed by atoms with Crippen LogP contribution in [-0.4, -0.2) is 26.8 Å². The number of nitrogens with one attached hydrogen (secondary N) is 1. The Bertz CT molecular complexity index is 649. The lowest BCUT2D eigenvalue weighted by atomic mass is 10.3. The van der Waals surface area contributed by atoms with Gasteiger partial charge in [0, 0.05) is 21.9 Å². The van der Waals surface area contributed by atoms with Crippen LogP contribution in [0.4, 0.5) is 5.69 Å². The van der Waals surface area contributed by atoms with Crippen LogP contribution < -0.4 is 5.32 Å². The number of anilines is 1. The number of aliphatic carboxylic acids is 1. The van der Waals surface area contributed by atoms with E-state index in [0.717, 1.165) is 4.68 Å². The number of carboxylic acids is 1. The Morgan fingerprint density at radius 3 is 2.50 bits per heavy atom. The average Bonchev–Trinajstić information content (AvgIpc) is 2.75. The zero-order valence-corrected chi connectivity index (χ0v) is 11.5. The van der Waals surface area contributed by atoms with Crippen LogP contribution >= 0.6 is 23.2 Å². The van der Waals surface area contributed by atoms with Crippen molar-refractivity contribution in [3.8, 4) is 0 Å². The highest BCUT2D eigenvalue weighted by Crippen LogP contribution is 2.22. The van der Waals surface area contributed by atoms with Crippen molar-refractivity contribution in [3.05, 3.63) is 46.2 Å². The summed E-state index contributed by atoms with van der Waals surface area (Å²) >= 11 is 11.6. The van der Waals surface area contributed by atoms with Gasteiger partial charge in [0.25, 0.3) is 5.91 Å². The molecule has 2 N–H and O–H groups in total. The van der Waals surface area contributed by atoms with Crippen molar-refractivity contribution >= 4 is 40.8 Å². The molecule has 2 rings (SSSR count). The second-order valence-electron chi connectivity index (χ2n) is 3.90. The molecule has 6 nitrogen and oxygen atoms in total. The third kappa shape index (κ3) is 3.72. The molecule has 20 heavy (non-hydrogen) atoms. The van der Waals surface area contributed by atoms with Crippen LogP contribution in [0.5, 0.6) is 0 Å². The zero-order chi connectivity index (χ0) is 14.7. The van der Waals surface area contributed by atoms with Crippen molar-refractivity contribution in [1.29, 1.82) is 0 Å². The predicted molar refractivity (Wildman–Crippen MR) is 74.3 cm³/mol. The fourth-order valence-corrected chi connectivity index (χ4v) is 2.06. The average molecular weight is 314 g/mol. The van der Waals surface area contributed by atoms with Crippen LogP contribution in [0.15, 0.2) is 30.5 Å². The first-order chi connectivity index (χ1) is 9.44. The van der Waals surface area contributed by atoms with E-state index in [1.807, 2.05) is 0 Å². The van der Waals surface area contributed by atoms with Gasteiger partial charge >= 0.3 is 5.97 Å². The molecule has 1 heterocycles. The Hall–Kier alpha value is -2.05. The lowest BCUT2D eigenvalue weighted by Gasteiger charge is -2.04. The van der Waals surface area contributed by atoms with Gasteiger partial charge in [0.05, 0.1) is 0 Å². The Labute approximate surface area is 123 Å². The SMILES string of the molecule is O=C(O)Cn1ccc(C(=O)Nc2cc(Cl)cc(Cl)c2)n1. The minimum absolute atomic E-state index is 0.0994. The van der Waals surface area contributed by atoms with Gasteiger partial charge in [0.15, 0.2) is 5.69 Å². The van der Waals surface area contributed by atoms with E-state index in [9.17, 15) is 9.59 Å². The molecule has 0 saturated heterocycles. The van der Waals surface area contributed by atoms with E-state index >= 15 is 0 Å². The lowest BCUT2D eigenvalue weighted by molar-refractivity contribution is -0.137. The van der Waals surface area contributed by atoms with Crippen molar-refractivity contribution in [3.63, 3.8) is 0 Å². The van der Waals surface area contributed by atoms with E-state index in [1.165, 1.54) is 12.3 Å². The highest BCUT2D eigenvalue weighted by atomic mass is 35.5. The summed E-state index contributed by atoms with van der Waals surface area (Å²) in [7, 11) is 0. The molecule has 104 valence electrons. The molecule has 1 amide bonds. The van der Waals surface area contributed by atoms with Gasteiger partial charge in [-0.3, -0.25) is 14.3 Å². The topological polar surface area (TPSA) is 84.2 Å². The molecule has 0 atom stereocenters. The quantitative estimate of drug-likeness (QED) is 0.908. The minimum atomic E-state index is -1.04. The summed E-state index contributed by atoms with van der Waals surface area (Å²) in [5.74, 6) is -1.52. The predicted octanol–water partition coefficient (Wildman–Crippen LogP) is 2.53. The van der Waals surface area contributed by atoms with E-state index in [1.54, 1.807) is 18.2 Å². The van der Waals surface area contributed by atoms with E-state index < -0.39 is 11.9 Å². The number of benzene rings is 1. The summed E-state index contributed by atoms with van der Waals surface area (Å²) in [6, 6.07) is 6.05. The first kappa shape index (κ1) is 14.4. The summed E-state index contributed by atoms with van der Waals surface area (Å²) in [4.78, 5) is 22.4. The summed E-state index contributed by atoms with van der Waals surface area (Å²) in [5.41, 5.74) is 0.530. The Kier molecular flexibility index (Phi) is 4.26. The largest absolute Gasteiger partial charge is 0.480 e. The number of carbonyl (C=O) groups excluding carboxylic acids is 1.